The molecule has 1 atom stereocenters. The first-order valence-corrected chi connectivity index (χ1v) is 6.86. The van der Waals surface area contributed by atoms with E-state index in [4.69, 9.17) is 11.6 Å². The molecule has 3 nitrogen and oxygen atoms in total. The van der Waals surface area contributed by atoms with E-state index in [0.29, 0.717) is 11.3 Å². The summed E-state index contributed by atoms with van der Waals surface area (Å²) in [6.45, 7) is 7.50. The summed E-state index contributed by atoms with van der Waals surface area (Å²) >= 11 is 6.16. The van der Waals surface area contributed by atoms with Gasteiger partial charge in [-0.2, -0.15) is 5.10 Å². The van der Waals surface area contributed by atoms with E-state index < -0.39 is 0 Å². The van der Waals surface area contributed by atoms with Crippen LogP contribution in [0.1, 0.15) is 31.2 Å². The molecular formula is C13H22ClN3. The third-order valence-corrected chi connectivity index (χ3v) is 4.12. The molecule has 17 heavy (non-hydrogen) atoms. The van der Waals surface area contributed by atoms with Crippen molar-refractivity contribution in [2.45, 2.75) is 38.6 Å². The van der Waals surface area contributed by atoms with Crippen LogP contribution in [0.15, 0.2) is 6.07 Å². The first-order chi connectivity index (χ1) is 8.06. The number of likely N-dealkylation sites (tertiary alicyclic amines) is 1. The molecule has 0 aromatic carbocycles. The van der Waals surface area contributed by atoms with E-state index in [-0.39, 0.29) is 0 Å². The predicted molar refractivity (Wildman–Crippen MR) is 71.3 cm³/mol. The largest absolute Gasteiger partial charge is 0.298 e. The van der Waals surface area contributed by atoms with E-state index >= 15 is 0 Å². The summed E-state index contributed by atoms with van der Waals surface area (Å²) in [5.74, 6) is 0.696. The molecule has 1 unspecified atom stereocenters. The molecule has 2 rings (SSSR count). The van der Waals surface area contributed by atoms with Crippen molar-refractivity contribution in [2.75, 3.05) is 13.1 Å². The number of aromatic nitrogens is 2. The normalized spacial score (nSPS) is 20.7. The van der Waals surface area contributed by atoms with Crippen LogP contribution in [0.25, 0.3) is 0 Å². The smallest absolute Gasteiger partial charge is 0.0597 e. The Morgan fingerprint density at radius 3 is 2.59 bits per heavy atom. The average Bonchev–Trinajstić information content (AvgIpc) is 2.58. The van der Waals surface area contributed by atoms with Crippen molar-refractivity contribution in [2.24, 2.45) is 13.0 Å². The van der Waals surface area contributed by atoms with Gasteiger partial charge in [-0.05, 0) is 51.8 Å². The molecule has 0 N–H and O–H groups in total. The molecule has 0 spiro atoms. The summed E-state index contributed by atoms with van der Waals surface area (Å²) in [6, 6.07) is 2.18. The minimum atomic E-state index is 0.316. The lowest BCUT2D eigenvalue weighted by atomic mass is 9.94. The lowest BCUT2D eigenvalue weighted by Gasteiger charge is -2.32. The van der Waals surface area contributed by atoms with Crippen molar-refractivity contribution in [1.29, 1.82) is 0 Å². The van der Waals surface area contributed by atoms with E-state index in [1.165, 1.54) is 18.5 Å². The minimum Gasteiger partial charge on any atom is -0.298 e. The molecule has 0 bridgehead atoms. The van der Waals surface area contributed by atoms with Crippen LogP contribution >= 0.6 is 11.6 Å². The van der Waals surface area contributed by atoms with Crippen molar-refractivity contribution >= 4 is 11.6 Å². The second-order valence-electron chi connectivity index (χ2n) is 5.19. The Balaban J connectivity index is 1.88. The molecule has 1 fully saturated rings. The number of piperidine rings is 1. The van der Waals surface area contributed by atoms with E-state index in [1.807, 2.05) is 18.7 Å². The Kier molecular flexibility index (Phi) is 4.10. The Labute approximate surface area is 109 Å². The fourth-order valence-electron chi connectivity index (χ4n) is 2.61. The maximum absolute atomic E-state index is 6.16. The van der Waals surface area contributed by atoms with Gasteiger partial charge >= 0.3 is 0 Å². The van der Waals surface area contributed by atoms with E-state index in [0.717, 1.165) is 25.3 Å². The van der Waals surface area contributed by atoms with Crippen LogP contribution in [0.4, 0.5) is 0 Å². The van der Waals surface area contributed by atoms with Crippen molar-refractivity contribution in [3.63, 3.8) is 0 Å². The Bertz CT molecular complexity index is 365. The van der Waals surface area contributed by atoms with Crippen LogP contribution < -0.4 is 0 Å². The van der Waals surface area contributed by atoms with Crippen molar-refractivity contribution in [3.8, 4) is 0 Å². The van der Waals surface area contributed by atoms with E-state index in [2.05, 4.69) is 23.0 Å². The number of hydrogen-bond donors (Lipinski definition) is 0. The Morgan fingerprint density at radius 2 is 2.12 bits per heavy atom. The van der Waals surface area contributed by atoms with Crippen LogP contribution in [0.3, 0.4) is 0 Å². The van der Waals surface area contributed by atoms with Crippen molar-refractivity contribution in [1.82, 2.24) is 14.7 Å². The molecule has 0 aliphatic carbocycles. The van der Waals surface area contributed by atoms with E-state index in [9.17, 15) is 0 Å². The number of rotatable bonds is 3. The van der Waals surface area contributed by atoms with Gasteiger partial charge in [0.25, 0.3) is 0 Å². The van der Waals surface area contributed by atoms with Crippen LogP contribution in [-0.4, -0.2) is 33.1 Å². The summed E-state index contributed by atoms with van der Waals surface area (Å²) in [7, 11) is 2.02. The van der Waals surface area contributed by atoms with Gasteiger partial charge in [-0.1, -0.05) is 0 Å². The molecule has 0 saturated carbocycles. The zero-order valence-electron chi connectivity index (χ0n) is 11.0. The first-order valence-electron chi connectivity index (χ1n) is 6.42. The van der Waals surface area contributed by atoms with E-state index in [1.54, 1.807) is 0 Å². The first kappa shape index (κ1) is 12.9. The van der Waals surface area contributed by atoms with Gasteiger partial charge in [-0.15, -0.1) is 11.6 Å². The average molecular weight is 256 g/mol. The highest BCUT2D eigenvalue weighted by atomic mass is 35.5. The predicted octanol–water partition coefficient (Wildman–Crippen LogP) is 2.57. The van der Waals surface area contributed by atoms with Gasteiger partial charge in [-0.25, -0.2) is 0 Å². The number of aryl methyl sites for hydroxylation is 2. The lowest BCUT2D eigenvalue weighted by molar-refractivity contribution is 0.173. The topological polar surface area (TPSA) is 21.1 Å². The molecule has 0 amide bonds. The Morgan fingerprint density at radius 1 is 1.47 bits per heavy atom. The molecule has 1 aliphatic rings. The Hall–Kier alpha value is -0.540. The van der Waals surface area contributed by atoms with Gasteiger partial charge in [0.05, 0.1) is 11.4 Å². The number of hydrogen-bond acceptors (Lipinski definition) is 2. The highest BCUT2D eigenvalue weighted by Gasteiger charge is 2.23. The zero-order valence-corrected chi connectivity index (χ0v) is 11.7. The second-order valence-corrected chi connectivity index (χ2v) is 5.88. The summed E-state index contributed by atoms with van der Waals surface area (Å²) in [4.78, 5) is 2.51. The summed E-state index contributed by atoms with van der Waals surface area (Å²) in [6.07, 6.45) is 2.45. The second kappa shape index (κ2) is 5.40. The van der Waals surface area contributed by atoms with Gasteiger partial charge in [0.15, 0.2) is 0 Å². The quantitative estimate of drug-likeness (QED) is 0.774. The molecule has 2 heterocycles. The SMILES string of the molecule is Cc1cc(CN2CCC(C(C)Cl)CC2)n(C)n1. The number of halogens is 1. The molecule has 1 aromatic heterocycles. The molecule has 4 heteroatoms. The molecule has 0 radical (unpaired) electrons. The van der Waals surface area contributed by atoms with Crippen molar-refractivity contribution in [3.05, 3.63) is 17.5 Å². The van der Waals surface area contributed by atoms with Gasteiger partial charge in [0.2, 0.25) is 0 Å². The van der Waals surface area contributed by atoms with Gasteiger partial charge in [0, 0.05) is 19.0 Å². The number of nitrogens with zero attached hydrogens (tertiary/aromatic N) is 3. The third kappa shape index (κ3) is 3.23. The highest BCUT2D eigenvalue weighted by molar-refractivity contribution is 6.20. The molecule has 1 aromatic rings. The van der Waals surface area contributed by atoms with Crippen LogP contribution in [0, 0.1) is 12.8 Å². The zero-order chi connectivity index (χ0) is 12.4. The van der Waals surface area contributed by atoms with Crippen molar-refractivity contribution < 1.29 is 0 Å². The monoisotopic (exact) mass is 255 g/mol. The van der Waals surface area contributed by atoms with Gasteiger partial charge in [0.1, 0.15) is 0 Å². The summed E-state index contributed by atoms with van der Waals surface area (Å²) < 4.78 is 1.99. The molecule has 1 aliphatic heterocycles. The van der Waals surface area contributed by atoms with Gasteiger partial charge < -0.3 is 0 Å². The fraction of sp³-hybridized carbons (Fsp3) is 0.769. The van der Waals surface area contributed by atoms with Crippen LogP contribution in [0.2, 0.25) is 0 Å². The maximum Gasteiger partial charge on any atom is 0.0597 e. The lowest BCUT2D eigenvalue weighted by Crippen LogP contribution is -2.35. The molecule has 1 saturated heterocycles. The number of alkyl halides is 1. The maximum atomic E-state index is 6.16. The molecular weight excluding hydrogens is 234 g/mol. The minimum absolute atomic E-state index is 0.316. The van der Waals surface area contributed by atoms with Gasteiger partial charge in [-0.3, -0.25) is 9.58 Å². The molecule has 96 valence electrons. The third-order valence-electron chi connectivity index (χ3n) is 3.77. The summed E-state index contributed by atoms with van der Waals surface area (Å²) in [5, 5.41) is 4.70. The standard InChI is InChI=1S/C13H22ClN3/c1-10-8-13(16(3)15-10)9-17-6-4-12(5-7-17)11(2)14/h8,11-12H,4-7,9H2,1-3H3. The highest BCUT2D eigenvalue weighted by Crippen LogP contribution is 2.24. The summed E-state index contributed by atoms with van der Waals surface area (Å²) in [5.41, 5.74) is 2.41. The van der Waals surface area contributed by atoms with Crippen LogP contribution in [0.5, 0.6) is 0 Å². The van der Waals surface area contributed by atoms with Crippen LogP contribution in [-0.2, 0) is 13.6 Å². The fourth-order valence-corrected chi connectivity index (χ4v) is 2.86.